The maximum atomic E-state index is 8.82. The Morgan fingerprint density at radius 1 is 1.04 bits per heavy atom. The fourth-order valence-corrected chi connectivity index (χ4v) is 2.28. The largest absolute Gasteiger partial charge is 0.497 e. The van der Waals surface area contributed by atoms with Gasteiger partial charge in [-0.3, -0.25) is 5.01 Å². The van der Waals surface area contributed by atoms with Crippen LogP contribution in [-0.4, -0.2) is 39.1 Å². The van der Waals surface area contributed by atoms with E-state index in [4.69, 9.17) is 25.2 Å². The van der Waals surface area contributed by atoms with Crippen LogP contribution < -0.4 is 20.3 Å². The molecule has 6 heteroatoms. The number of nitrogens with zero attached hydrogens (tertiary/aromatic N) is 1. The summed E-state index contributed by atoms with van der Waals surface area (Å²) < 4.78 is 15.7. The van der Waals surface area contributed by atoms with Gasteiger partial charge in [0.2, 0.25) is 0 Å². The molecule has 2 rings (SSSR count). The van der Waals surface area contributed by atoms with Gasteiger partial charge in [0.15, 0.2) is 0 Å². The molecule has 6 nitrogen and oxygen atoms in total. The van der Waals surface area contributed by atoms with Crippen LogP contribution in [0.3, 0.4) is 0 Å². The van der Waals surface area contributed by atoms with Crippen molar-refractivity contribution < 1.29 is 19.3 Å². The maximum absolute atomic E-state index is 8.82. The fraction of sp³-hybridized carbons (Fsp3) is 0.263. The van der Waals surface area contributed by atoms with E-state index in [1.54, 1.807) is 19.2 Å². The number of nitrogens with two attached hydrogens (primary N) is 1. The minimum Gasteiger partial charge on any atom is -0.497 e. The Morgan fingerprint density at radius 2 is 1.68 bits per heavy atom. The summed E-state index contributed by atoms with van der Waals surface area (Å²) in [5, 5.41) is 10.4. The zero-order valence-electron chi connectivity index (χ0n) is 14.5. The van der Waals surface area contributed by atoms with E-state index >= 15 is 0 Å². The van der Waals surface area contributed by atoms with E-state index in [2.05, 4.69) is 0 Å². The molecule has 0 bridgehead atoms. The molecular weight excluding hydrogens is 320 g/mol. The minimum atomic E-state index is -0.0191. The van der Waals surface area contributed by atoms with Gasteiger partial charge < -0.3 is 19.3 Å². The monoisotopic (exact) mass is 344 g/mol. The Hall–Kier alpha value is -2.54. The van der Waals surface area contributed by atoms with E-state index in [-0.39, 0.29) is 13.2 Å². The molecule has 0 unspecified atom stereocenters. The first kappa shape index (κ1) is 18.8. The van der Waals surface area contributed by atoms with E-state index in [0.717, 1.165) is 22.7 Å². The molecule has 0 saturated carbocycles. The summed E-state index contributed by atoms with van der Waals surface area (Å²) in [7, 11) is 3.26. The quantitative estimate of drug-likeness (QED) is 0.537. The van der Waals surface area contributed by atoms with Gasteiger partial charge in [-0.25, -0.2) is 5.84 Å². The molecule has 0 saturated heterocycles. The van der Waals surface area contributed by atoms with Crippen LogP contribution >= 0.6 is 0 Å². The number of methoxy groups -OCH3 is 2. The molecule has 0 aliphatic rings. The van der Waals surface area contributed by atoms with Gasteiger partial charge in [-0.05, 0) is 60.2 Å². The van der Waals surface area contributed by atoms with Crippen molar-refractivity contribution in [3.05, 3.63) is 60.2 Å². The second-order valence-corrected chi connectivity index (χ2v) is 5.21. The zero-order chi connectivity index (χ0) is 18.1. The van der Waals surface area contributed by atoms with Crippen LogP contribution in [0.25, 0.3) is 5.70 Å². The van der Waals surface area contributed by atoms with Crippen molar-refractivity contribution in [2.45, 2.75) is 0 Å². The summed E-state index contributed by atoms with van der Waals surface area (Å²) >= 11 is 0. The van der Waals surface area contributed by atoms with Crippen LogP contribution in [-0.2, 0) is 4.74 Å². The molecule has 3 N–H and O–H groups in total. The Balaban J connectivity index is 2.25. The average Bonchev–Trinajstić information content (AvgIpc) is 2.67. The third kappa shape index (κ3) is 5.22. The molecule has 0 atom stereocenters. The molecule has 0 amide bonds. The van der Waals surface area contributed by atoms with Crippen LogP contribution in [0.2, 0.25) is 0 Å². The van der Waals surface area contributed by atoms with Crippen LogP contribution in [0.1, 0.15) is 5.56 Å². The van der Waals surface area contributed by atoms with Crippen LogP contribution in [0.4, 0.5) is 5.69 Å². The summed E-state index contributed by atoms with van der Waals surface area (Å²) in [5.74, 6) is 7.79. The number of hydrogen-bond donors (Lipinski definition) is 2. The van der Waals surface area contributed by atoms with Gasteiger partial charge >= 0.3 is 0 Å². The lowest BCUT2D eigenvalue weighted by Gasteiger charge is -2.23. The number of hydrogen-bond acceptors (Lipinski definition) is 6. The minimum absolute atomic E-state index is 0.0191. The van der Waals surface area contributed by atoms with E-state index in [9.17, 15) is 0 Å². The Labute approximate surface area is 148 Å². The van der Waals surface area contributed by atoms with Crippen molar-refractivity contribution >= 4 is 11.4 Å². The van der Waals surface area contributed by atoms with Gasteiger partial charge in [0, 0.05) is 7.11 Å². The highest BCUT2D eigenvalue weighted by Gasteiger charge is 2.11. The first-order valence-corrected chi connectivity index (χ1v) is 7.91. The predicted octanol–water partition coefficient (Wildman–Crippen LogP) is 2.43. The number of ether oxygens (including phenoxy) is 3. The van der Waals surface area contributed by atoms with E-state index in [1.807, 2.05) is 54.6 Å². The van der Waals surface area contributed by atoms with Crippen molar-refractivity contribution in [1.29, 1.82) is 0 Å². The Bertz CT molecular complexity index is 669. The molecule has 0 spiro atoms. The molecule has 0 aromatic heterocycles. The lowest BCUT2D eigenvalue weighted by Crippen LogP contribution is -2.29. The third-order valence-electron chi connectivity index (χ3n) is 3.56. The van der Waals surface area contributed by atoms with Crippen LogP contribution in [0.5, 0.6) is 11.5 Å². The summed E-state index contributed by atoms with van der Waals surface area (Å²) in [6, 6.07) is 15.0. The van der Waals surface area contributed by atoms with Crippen LogP contribution in [0.15, 0.2) is 54.6 Å². The summed E-state index contributed by atoms with van der Waals surface area (Å²) in [6.45, 7) is 0.678. The number of anilines is 1. The number of aliphatic hydroxyl groups excluding tert-OH is 1. The van der Waals surface area contributed by atoms with Gasteiger partial charge in [-0.15, -0.1) is 0 Å². The summed E-state index contributed by atoms with van der Waals surface area (Å²) in [6.07, 6.45) is 1.91. The molecule has 0 heterocycles. The lowest BCUT2D eigenvalue weighted by molar-refractivity contribution is 0.201. The molecule has 0 aliphatic carbocycles. The number of benzene rings is 2. The molecule has 25 heavy (non-hydrogen) atoms. The van der Waals surface area contributed by atoms with Crippen molar-refractivity contribution in [3.63, 3.8) is 0 Å². The first-order valence-electron chi connectivity index (χ1n) is 7.91. The third-order valence-corrected chi connectivity index (χ3v) is 3.56. The molecule has 134 valence electrons. The second-order valence-electron chi connectivity index (χ2n) is 5.21. The highest BCUT2D eigenvalue weighted by molar-refractivity contribution is 5.78. The Kier molecular flexibility index (Phi) is 7.28. The summed E-state index contributed by atoms with van der Waals surface area (Å²) in [4.78, 5) is 0. The second kappa shape index (κ2) is 9.68. The number of aliphatic hydroxyl groups is 1. The lowest BCUT2D eigenvalue weighted by atomic mass is 10.1. The zero-order valence-corrected chi connectivity index (χ0v) is 14.5. The molecule has 2 aromatic rings. The molecular formula is C19H24N2O4. The standard InChI is InChI=1S/C19H24N2O4/c1-23-13-11-19(15-3-7-18(8-4-15)25-14-12-22)21(20)16-5-9-17(24-2)10-6-16/h3-11,22H,12-14,20H2,1-2H3/b19-11-. The predicted molar refractivity (Wildman–Crippen MR) is 98.5 cm³/mol. The average molecular weight is 344 g/mol. The molecule has 0 radical (unpaired) electrons. The first-order chi connectivity index (χ1) is 12.2. The molecule has 0 aliphatic heterocycles. The van der Waals surface area contributed by atoms with E-state index < -0.39 is 0 Å². The molecule has 2 aromatic carbocycles. The van der Waals surface area contributed by atoms with Gasteiger partial charge in [-0.2, -0.15) is 0 Å². The van der Waals surface area contributed by atoms with Gasteiger partial charge in [0.25, 0.3) is 0 Å². The number of hydrazine groups is 1. The summed E-state index contributed by atoms with van der Waals surface area (Å²) in [5.41, 5.74) is 2.55. The molecule has 0 fully saturated rings. The van der Waals surface area contributed by atoms with Gasteiger partial charge in [0.1, 0.15) is 18.1 Å². The van der Waals surface area contributed by atoms with Crippen molar-refractivity contribution in [3.8, 4) is 11.5 Å². The van der Waals surface area contributed by atoms with Gasteiger partial charge in [-0.1, -0.05) is 0 Å². The van der Waals surface area contributed by atoms with E-state index in [0.29, 0.717) is 12.4 Å². The van der Waals surface area contributed by atoms with Crippen molar-refractivity contribution in [2.24, 2.45) is 5.84 Å². The smallest absolute Gasteiger partial charge is 0.119 e. The van der Waals surface area contributed by atoms with Gasteiger partial charge in [0.05, 0.1) is 31.7 Å². The maximum Gasteiger partial charge on any atom is 0.119 e. The fourth-order valence-electron chi connectivity index (χ4n) is 2.28. The van der Waals surface area contributed by atoms with Crippen molar-refractivity contribution in [2.75, 3.05) is 39.0 Å². The Morgan fingerprint density at radius 3 is 2.24 bits per heavy atom. The topological polar surface area (TPSA) is 77.2 Å². The normalized spacial score (nSPS) is 11.3. The number of rotatable bonds is 9. The SMILES string of the molecule is COC/C=C(/c1ccc(OCCO)cc1)N(N)c1ccc(OC)cc1. The van der Waals surface area contributed by atoms with Crippen molar-refractivity contribution in [1.82, 2.24) is 0 Å². The highest BCUT2D eigenvalue weighted by Crippen LogP contribution is 2.26. The van der Waals surface area contributed by atoms with E-state index in [1.165, 1.54) is 0 Å². The van der Waals surface area contributed by atoms with Crippen LogP contribution in [0, 0.1) is 0 Å². The highest BCUT2D eigenvalue weighted by atomic mass is 16.5.